The van der Waals surface area contributed by atoms with Gasteiger partial charge in [0.05, 0.1) is 25.5 Å². The number of methoxy groups -OCH3 is 2. The second-order valence-corrected chi connectivity index (χ2v) is 8.95. The maximum Gasteiger partial charge on any atom is 0.337 e. The van der Waals surface area contributed by atoms with Crippen molar-refractivity contribution in [3.63, 3.8) is 0 Å². The van der Waals surface area contributed by atoms with E-state index in [1.165, 1.54) is 38.5 Å². The Morgan fingerprint density at radius 1 is 1.03 bits per heavy atom. The summed E-state index contributed by atoms with van der Waals surface area (Å²) >= 11 is 0. The van der Waals surface area contributed by atoms with Gasteiger partial charge >= 0.3 is 5.97 Å². The Kier molecular flexibility index (Phi) is 6.91. The Balaban J connectivity index is 1.95. The van der Waals surface area contributed by atoms with E-state index < -0.39 is 16.0 Å². The fourth-order valence-electron chi connectivity index (χ4n) is 3.49. The summed E-state index contributed by atoms with van der Waals surface area (Å²) in [5.41, 5.74) is 0.600. The minimum Gasteiger partial charge on any atom is -0.497 e. The fraction of sp³-hybridized carbons (Fsp3) is 0.381. The molecule has 0 bridgehead atoms. The average molecular weight is 450 g/mol. The van der Waals surface area contributed by atoms with E-state index in [9.17, 15) is 18.3 Å². The average Bonchev–Trinajstić information content (AvgIpc) is 2.97. The fourth-order valence-corrected chi connectivity index (χ4v) is 4.76. The maximum atomic E-state index is 13.0. The van der Waals surface area contributed by atoms with Gasteiger partial charge in [0.15, 0.2) is 0 Å². The number of carboxylic acid groups (broad SMARTS) is 1. The Morgan fingerprint density at radius 2 is 1.81 bits per heavy atom. The van der Waals surface area contributed by atoms with Gasteiger partial charge in [-0.2, -0.15) is 0 Å². The summed E-state index contributed by atoms with van der Waals surface area (Å²) in [4.78, 5) is 16.1. The van der Waals surface area contributed by atoms with Crippen LogP contribution in [0.4, 0.5) is 11.4 Å². The number of aromatic carboxylic acids is 1. The van der Waals surface area contributed by atoms with Crippen molar-refractivity contribution in [2.75, 3.05) is 57.1 Å². The molecule has 0 amide bonds. The molecule has 10 heteroatoms. The third-order valence-corrected chi connectivity index (χ3v) is 6.61. The van der Waals surface area contributed by atoms with E-state index in [0.717, 1.165) is 38.3 Å². The second kappa shape index (κ2) is 9.44. The van der Waals surface area contributed by atoms with E-state index in [-0.39, 0.29) is 21.9 Å². The molecule has 0 aromatic heterocycles. The lowest BCUT2D eigenvalue weighted by Gasteiger charge is -2.24. The number of nitrogens with zero attached hydrogens (tertiary/aromatic N) is 2. The monoisotopic (exact) mass is 449 g/mol. The van der Waals surface area contributed by atoms with Crippen molar-refractivity contribution < 1.29 is 27.8 Å². The number of anilines is 2. The first kappa shape index (κ1) is 22.7. The highest BCUT2D eigenvalue weighted by Gasteiger charge is 2.24. The molecule has 9 nitrogen and oxygen atoms in total. The van der Waals surface area contributed by atoms with Gasteiger partial charge in [0, 0.05) is 31.4 Å². The topological polar surface area (TPSA) is 108 Å². The smallest absolute Gasteiger partial charge is 0.337 e. The molecule has 31 heavy (non-hydrogen) atoms. The van der Waals surface area contributed by atoms with Crippen molar-refractivity contribution in [1.82, 2.24) is 4.90 Å². The first-order valence-corrected chi connectivity index (χ1v) is 11.3. The highest BCUT2D eigenvalue weighted by atomic mass is 32.2. The van der Waals surface area contributed by atoms with Crippen LogP contribution in [0.3, 0.4) is 0 Å². The molecular formula is C21H27N3O6S. The number of sulfonamides is 1. The molecule has 1 saturated heterocycles. The lowest BCUT2D eigenvalue weighted by molar-refractivity contribution is 0.0698. The van der Waals surface area contributed by atoms with Crippen LogP contribution in [0.25, 0.3) is 0 Å². The predicted molar refractivity (Wildman–Crippen MR) is 118 cm³/mol. The standard InChI is InChI=1S/C21H27N3O6S/c1-23-9-4-10-24(12-11-23)15-5-7-18(17(13-15)21(25)26)22-31(27,28)20-14-16(29-2)6-8-19(20)30-3/h5-8,13-14,22H,4,9-12H2,1-3H3,(H,25,26). The molecule has 3 rings (SSSR count). The molecule has 2 aromatic carbocycles. The largest absolute Gasteiger partial charge is 0.497 e. The Bertz CT molecular complexity index is 1060. The van der Waals surface area contributed by atoms with E-state index >= 15 is 0 Å². The van der Waals surface area contributed by atoms with E-state index in [2.05, 4.69) is 21.6 Å². The number of hydrogen-bond donors (Lipinski definition) is 2. The molecule has 2 aromatic rings. The summed E-state index contributed by atoms with van der Waals surface area (Å²) in [6.45, 7) is 3.41. The number of carbonyl (C=O) groups is 1. The van der Waals surface area contributed by atoms with Crippen molar-refractivity contribution in [2.45, 2.75) is 11.3 Å². The molecule has 0 atom stereocenters. The van der Waals surface area contributed by atoms with Gasteiger partial charge in [-0.3, -0.25) is 4.72 Å². The number of benzene rings is 2. The van der Waals surface area contributed by atoms with Crippen LogP contribution in [0.1, 0.15) is 16.8 Å². The molecule has 0 radical (unpaired) electrons. The van der Waals surface area contributed by atoms with Gasteiger partial charge in [0.25, 0.3) is 10.0 Å². The van der Waals surface area contributed by atoms with E-state index in [1.54, 1.807) is 12.1 Å². The third kappa shape index (κ3) is 5.20. The summed E-state index contributed by atoms with van der Waals surface area (Å²) in [5.74, 6) is -0.763. The minimum atomic E-state index is -4.13. The van der Waals surface area contributed by atoms with Crippen LogP contribution < -0.4 is 19.1 Å². The molecule has 2 N–H and O–H groups in total. The van der Waals surface area contributed by atoms with E-state index in [4.69, 9.17) is 9.47 Å². The number of rotatable bonds is 7. The molecule has 0 unspecified atom stereocenters. The van der Waals surface area contributed by atoms with Crippen LogP contribution in [0.2, 0.25) is 0 Å². The van der Waals surface area contributed by atoms with Crippen LogP contribution in [0.15, 0.2) is 41.3 Å². The molecule has 168 valence electrons. The minimum absolute atomic E-state index is 0.0203. The normalized spacial score (nSPS) is 15.3. The van der Waals surface area contributed by atoms with Crippen molar-refractivity contribution in [3.05, 3.63) is 42.0 Å². The first-order chi connectivity index (χ1) is 14.7. The van der Waals surface area contributed by atoms with Crippen LogP contribution in [0.5, 0.6) is 11.5 Å². The zero-order valence-electron chi connectivity index (χ0n) is 17.8. The van der Waals surface area contributed by atoms with Crippen molar-refractivity contribution in [3.8, 4) is 11.5 Å². The van der Waals surface area contributed by atoms with Gasteiger partial charge in [-0.15, -0.1) is 0 Å². The molecule has 1 aliphatic rings. The van der Waals surface area contributed by atoms with Crippen molar-refractivity contribution in [1.29, 1.82) is 0 Å². The third-order valence-electron chi connectivity index (χ3n) is 5.22. The lowest BCUT2D eigenvalue weighted by atomic mass is 10.1. The summed E-state index contributed by atoms with van der Waals surface area (Å²) < 4.78 is 38.7. The lowest BCUT2D eigenvalue weighted by Crippen LogP contribution is -2.29. The van der Waals surface area contributed by atoms with Gasteiger partial charge in [-0.05, 0) is 50.3 Å². The number of ether oxygens (including phenoxy) is 2. The number of likely N-dealkylation sites (N-methyl/N-ethyl adjacent to an activating group) is 1. The summed E-state index contributed by atoms with van der Waals surface area (Å²) in [6, 6.07) is 9.10. The SMILES string of the molecule is COc1ccc(OC)c(S(=O)(=O)Nc2ccc(N3CCCN(C)CC3)cc2C(=O)O)c1. The van der Waals surface area contributed by atoms with Gasteiger partial charge < -0.3 is 24.4 Å². The highest BCUT2D eigenvalue weighted by molar-refractivity contribution is 7.92. The Hall–Kier alpha value is -2.98. The first-order valence-electron chi connectivity index (χ1n) is 9.81. The van der Waals surface area contributed by atoms with Crippen molar-refractivity contribution >= 4 is 27.4 Å². The second-order valence-electron chi connectivity index (χ2n) is 7.30. The predicted octanol–water partition coefficient (Wildman–Crippen LogP) is 2.34. The maximum absolute atomic E-state index is 13.0. The van der Waals surface area contributed by atoms with E-state index in [0.29, 0.717) is 5.75 Å². The van der Waals surface area contributed by atoms with Crippen molar-refractivity contribution in [2.24, 2.45) is 0 Å². The molecule has 1 fully saturated rings. The Labute approximate surface area is 182 Å². The number of hydrogen-bond acceptors (Lipinski definition) is 7. The van der Waals surface area contributed by atoms with Crippen LogP contribution in [-0.2, 0) is 10.0 Å². The van der Waals surface area contributed by atoms with Gasteiger partial charge in [0.2, 0.25) is 0 Å². The molecule has 1 heterocycles. The van der Waals surface area contributed by atoms with Crippen LogP contribution in [0, 0.1) is 0 Å². The molecule has 1 aliphatic heterocycles. The summed E-state index contributed by atoms with van der Waals surface area (Å²) in [7, 11) is 0.701. The summed E-state index contributed by atoms with van der Waals surface area (Å²) in [5, 5.41) is 9.73. The zero-order chi connectivity index (χ0) is 22.6. The van der Waals surface area contributed by atoms with Crippen LogP contribution in [-0.4, -0.2) is 71.8 Å². The number of carboxylic acids is 1. The van der Waals surface area contributed by atoms with E-state index in [1.807, 2.05) is 0 Å². The van der Waals surface area contributed by atoms with Gasteiger partial charge in [-0.1, -0.05) is 0 Å². The van der Waals surface area contributed by atoms with Gasteiger partial charge in [-0.25, -0.2) is 13.2 Å². The zero-order valence-corrected chi connectivity index (χ0v) is 18.6. The molecule has 0 spiro atoms. The Morgan fingerprint density at radius 3 is 2.48 bits per heavy atom. The quantitative estimate of drug-likeness (QED) is 0.663. The number of nitrogens with one attached hydrogen (secondary N) is 1. The van der Waals surface area contributed by atoms with Crippen LogP contribution >= 0.6 is 0 Å². The molecule has 0 saturated carbocycles. The highest BCUT2D eigenvalue weighted by Crippen LogP contribution is 2.31. The summed E-state index contributed by atoms with van der Waals surface area (Å²) in [6.07, 6.45) is 0.961. The van der Waals surface area contributed by atoms with Gasteiger partial charge in [0.1, 0.15) is 16.4 Å². The molecule has 0 aliphatic carbocycles. The molecular weight excluding hydrogens is 422 g/mol.